The summed E-state index contributed by atoms with van der Waals surface area (Å²) in [5, 5.41) is 0. The summed E-state index contributed by atoms with van der Waals surface area (Å²) in [7, 11) is -4.22. The van der Waals surface area contributed by atoms with Crippen molar-refractivity contribution in [3.05, 3.63) is 95.3 Å². The minimum absolute atomic E-state index is 0.0458. The number of hydrogen-bond donors (Lipinski definition) is 0. The number of aryl methyl sites for hydroxylation is 1. The van der Waals surface area contributed by atoms with Gasteiger partial charge in [-0.2, -0.15) is 0 Å². The Balaban J connectivity index is 1.70. The van der Waals surface area contributed by atoms with Crippen LogP contribution < -0.4 is 9.80 Å². The molecule has 0 aliphatic carbocycles. The van der Waals surface area contributed by atoms with Crippen LogP contribution in [0.25, 0.3) is 0 Å². The van der Waals surface area contributed by atoms with Crippen molar-refractivity contribution in [2.45, 2.75) is 24.8 Å². The van der Waals surface area contributed by atoms with Crippen LogP contribution in [0.2, 0.25) is 0 Å². The van der Waals surface area contributed by atoms with E-state index in [9.17, 15) is 22.4 Å². The molecule has 1 atom stereocenters. The summed E-state index contributed by atoms with van der Waals surface area (Å²) >= 11 is 0. The standard InChI is InChI=1S/C25H21FN2O4S/c1-2-17-9-13-20(14-10-17)28-23(29)16-33(31,32)25(28)21-5-3-4-6-22(21)27(24(25)30)15-18-7-11-19(26)12-8-18/h3-14H,2,15-16H2,1H3. The van der Waals surface area contributed by atoms with E-state index >= 15 is 0 Å². The minimum atomic E-state index is -4.22. The third-order valence-electron chi connectivity index (χ3n) is 6.28. The lowest BCUT2D eigenvalue weighted by molar-refractivity contribution is -0.123. The second kappa shape index (κ2) is 7.52. The third-order valence-corrected chi connectivity index (χ3v) is 8.38. The number of benzene rings is 3. The Morgan fingerprint density at radius 3 is 2.21 bits per heavy atom. The van der Waals surface area contributed by atoms with Crippen molar-refractivity contribution in [3.63, 3.8) is 0 Å². The molecule has 2 heterocycles. The Labute approximate surface area is 191 Å². The van der Waals surface area contributed by atoms with Crippen molar-refractivity contribution < 1.29 is 22.4 Å². The van der Waals surface area contributed by atoms with Gasteiger partial charge >= 0.3 is 0 Å². The zero-order valence-electron chi connectivity index (χ0n) is 17.9. The summed E-state index contributed by atoms with van der Waals surface area (Å²) in [4.78, 5) is 27.4. The third kappa shape index (κ3) is 3.01. The molecule has 1 saturated heterocycles. The first-order chi connectivity index (χ1) is 15.8. The maximum atomic E-state index is 14.0. The van der Waals surface area contributed by atoms with Gasteiger partial charge in [-0.25, -0.2) is 12.8 Å². The van der Waals surface area contributed by atoms with Crippen LogP contribution in [0.15, 0.2) is 72.8 Å². The first kappa shape index (κ1) is 21.3. The highest BCUT2D eigenvalue weighted by molar-refractivity contribution is 7.94. The van der Waals surface area contributed by atoms with Crippen molar-refractivity contribution >= 4 is 33.0 Å². The average molecular weight is 465 g/mol. The zero-order valence-corrected chi connectivity index (χ0v) is 18.7. The minimum Gasteiger partial charge on any atom is -0.304 e. The second-order valence-electron chi connectivity index (χ2n) is 8.19. The lowest BCUT2D eigenvalue weighted by Crippen LogP contribution is -2.54. The van der Waals surface area contributed by atoms with Gasteiger partial charge in [-0.3, -0.25) is 14.5 Å². The number of carbonyl (C=O) groups is 2. The van der Waals surface area contributed by atoms with Gasteiger partial charge < -0.3 is 4.90 Å². The molecule has 1 unspecified atom stereocenters. The molecule has 0 radical (unpaired) electrons. The van der Waals surface area contributed by atoms with E-state index in [1.165, 1.54) is 17.0 Å². The van der Waals surface area contributed by atoms with Gasteiger partial charge in [-0.1, -0.05) is 49.4 Å². The molecule has 2 aliphatic rings. The van der Waals surface area contributed by atoms with E-state index in [1.54, 1.807) is 48.5 Å². The van der Waals surface area contributed by atoms with Crippen molar-refractivity contribution in [2.24, 2.45) is 0 Å². The molecule has 0 aromatic heterocycles. The number of anilines is 2. The van der Waals surface area contributed by atoms with E-state index < -0.39 is 38.1 Å². The lowest BCUT2D eigenvalue weighted by atomic mass is 10.0. The fourth-order valence-corrected chi connectivity index (χ4v) is 6.73. The first-order valence-electron chi connectivity index (χ1n) is 10.6. The highest BCUT2D eigenvalue weighted by Crippen LogP contribution is 2.52. The topological polar surface area (TPSA) is 74.8 Å². The molecule has 6 nitrogen and oxygen atoms in total. The highest BCUT2D eigenvalue weighted by Gasteiger charge is 2.69. The van der Waals surface area contributed by atoms with Crippen LogP contribution in [0.1, 0.15) is 23.6 Å². The quantitative estimate of drug-likeness (QED) is 0.592. The van der Waals surface area contributed by atoms with Gasteiger partial charge in [-0.15, -0.1) is 0 Å². The van der Waals surface area contributed by atoms with Gasteiger partial charge in [0.1, 0.15) is 11.6 Å². The summed E-state index contributed by atoms with van der Waals surface area (Å²) < 4.78 is 40.5. The van der Waals surface area contributed by atoms with Gasteiger partial charge in [0.05, 0.1) is 12.2 Å². The molecule has 3 aromatic carbocycles. The van der Waals surface area contributed by atoms with Crippen LogP contribution in [0.3, 0.4) is 0 Å². The Morgan fingerprint density at radius 2 is 1.55 bits per heavy atom. The van der Waals surface area contributed by atoms with Gasteiger partial charge in [0.25, 0.3) is 10.8 Å². The number of sulfone groups is 1. The van der Waals surface area contributed by atoms with E-state index in [0.717, 1.165) is 16.9 Å². The molecule has 0 saturated carbocycles. The lowest BCUT2D eigenvalue weighted by Gasteiger charge is -2.32. The van der Waals surface area contributed by atoms with Crippen molar-refractivity contribution in [2.75, 3.05) is 15.6 Å². The second-order valence-corrected chi connectivity index (χ2v) is 10.3. The zero-order chi connectivity index (χ0) is 23.4. The molecule has 1 spiro atoms. The summed E-state index contributed by atoms with van der Waals surface area (Å²) in [6.07, 6.45) is 0.783. The van der Waals surface area contributed by atoms with E-state index in [0.29, 0.717) is 16.9 Å². The fourth-order valence-electron chi connectivity index (χ4n) is 4.70. The Kier molecular flexibility index (Phi) is 4.86. The van der Waals surface area contributed by atoms with Crippen LogP contribution in [0.5, 0.6) is 0 Å². The number of rotatable bonds is 4. The highest BCUT2D eigenvalue weighted by atomic mass is 32.2. The molecule has 2 aliphatic heterocycles. The van der Waals surface area contributed by atoms with E-state index in [-0.39, 0.29) is 12.1 Å². The normalized spacial score (nSPS) is 21.2. The average Bonchev–Trinajstić information content (AvgIpc) is 3.18. The Hall–Kier alpha value is -3.52. The predicted molar refractivity (Wildman–Crippen MR) is 123 cm³/mol. The van der Waals surface area contributed by atoms with Crippen molar-refractivity contribution in [1.29, 1.82) is 0 Å². The molecular formula is C25H21FN2O4S. The molecule has 5 rings (SSSR count). The monoisotopic (exact) mass is 464 g/mol. The molecule has 3 aromatic rings. The molecule has 0 bridgehead atoms. The maximum absolute atomic E-state index is 14.0. The summed E-state index contributed by atoms with van der Waals surface area (Å²) in [6.45, 7) is 2.04. The van der Waals surface area contributed by atoms with Crippen LogP contribution >= 0.6 is 0 Å². The van der Waals surface area contributed by atoms with Crippen LogP contribution in [-0.4, -0.2) is 26.0 Å². The van der Waals surface area contributed by atoms with Crippen LogP contribution in [-0.2, 0) is 37.3 Å². The predicted octanol–water partition coefficient (Wildman–Crippen LogP) is 3.55. The van der Waals surface area contributed by atoms with Crippen LogP contribution in [0, 0.1) is 5.82 Å². The Morgan fingerprint density at radius 1 is 0.909 bits per heavy atom. The SMILES string of the molecule is CCc1ccc(N2C(=O)CS(=O)(=O)C23C(=O)N(Cc2ccc(F)cc2)c2ccccc23)cc1. The van der Waals surface area contributed by atoms with Gasteiger partial charge in [0.15, 0.2) is 9.84 Å². The summed E-state index contributed by atoms with van der Waals surface area (Å²) in [5.74, 6) is -2.52. The number of carbonyl (C=O) groups excluding carboxylic acids is 2. The summed E-state index contributed by atoms with van der Waals surface area (Å²) in [6, 6.07) is 19.3. The van der Waals surface area contributed by atoms with E-state index in [1.807, 2.05) is 19.1 Å². The number of hydrogen-bond acceptors (Lipinski definition) is 4. The Bertz CT molecular complexity index is 1370. The molecule has 1 fully saturated rings. The van der Waals surface area contributed by atoms with Gasteiger partial charge in [0.2, 0.25) is 5.91 Å². The van der Waals surface area contributed by atoms with Crippen LogP contribution in [0.4, 0.5) is 15.8 Å². The molecule has 168 valence electrons. The number of nitrogens with zero attached hydrogens (tertiary/aromatic N) is 2. The van der Waals surface area contributed by atoms with Crippen molar-refractivity contribution in [3.8, 4) is 0 Å². The summed E-state index contributed by atoms with van der Waals surface area (Å²) in [5.41, 5.74) is 2.68. The smallest absolute Gasteiger partial charge is 0.274 e. The molecule has 2 amide bonds. The number of amides is 2. The largest absolute Gasteiger partial charge is 0.304 e. The fraction of sp³-hybridized carbons (Fsp3) is 0.200. The molecular weight excluding hydrogens is 443 g/mol. The van der Waals surface area contributed by atoms with E-state index in [2.05, 4.69) is 0 Å². The number of para-hydroxylation sites is 1. The maximum Gasteiger partial charge on any atom is 0.274 e. The number of halogens is 1. The van der Waals surface area contributed by atoms with Gasteiger partial charge in [-0.05, 0) is 47.9 Å². The van der Waals surface area contributed by atoms with E-state index in [4.69, 9.17) is 0 Å². The van der Waals surface area contributed by atoms with Gasteiger partial charge in [0, 0.05) is 11.3 Å². The molecule has 8 heteroatoms. The molecule has 33 heavy (non-hydrogen) atoms. The van der Waals surface area contributed by atoms with Crippen molar-refractivity contribution in [1.82, 2.24) is 0 Å². The molecule has 0 N–H and O–H groups in total. The number of fused-ring (bicyclic) bond motifs is 2. The first-order valence-corrected chi connectivity index (χ1v) is 12.2.